The molecule has 1 heterocycles. The van der Waals surface area contributed by atoms with Crippen molar-refractivity contribution in [1.29, 1.82) is 5.26 Å². The Morgan fingerprint density at radius 2 is 1.91 bits per heavy atom. The van der Waals surface area contributed by atoms with Crippen LogP contribution >= 0.6 is 0 Å². The van der Waals surface area contributed by atoms with Crippen LogP contribution in [-0.2, 0) is 14.8 Å². The van der Waals surface area contributed by atoms with Crippen LogP contribution in [0.15, 0.2) is 23.1 Å². The average Bonchev–Trinajstić information content (AvgIpc) is 2.54. The molecule has 0 aromatic heterocycles. The van der Waals surface area contributed by atoms with Crippen molar-refractivity contribution in [2.75, 3.05) is 33.3 Å². The molecule has 0 saturated carbocycles. The minimum atomic E-state index is -3.68. The van der Waals surface area contributed by atoms with E-state index in [9.17, 15) is 13.2 Å². The summed E-state index contributed by atoms with van der Waals surface area (Å²) >= 11 is 0. The number of nitriles is 1. The van der Waals surface area contributed by atoms with E-state index in [4.69, 9.17) is 10.00 Å². The van der Waals surface area contributed by atoms with Crippen LogP contribution in [0.5, 0.6) is 5.75 Å². The number of methoxy groups -OCH3 is 1. The predicted molar refractivity (Wildman–Crippen MR) is 78.7 cm³/mol. The monoisotopic (exact) mass is 323 g/mol. The summed E-state index contributed by atoms with van der Waals surface area (Å²) in [4.78, 5) is 13.0. The van der Waals surface area contributed by atoms with E-state index in [1.54, 1.807) is 4.90 Å². The summed E-state index contributed by atoms with van der Waals surface area (Å²) in [7, 11) is -2.26. The molecule has 0 N–H and O–H groups in total. The fraction of sp³-hybridized carbons (Fsp3) is 0.429. The topological polar surface area (TPSA) is 90.7 Å². The van der Waals surface area contributed by atoms with Gasteiger partial charge in [-0.25, -0.2) is 8.42 Å². The molecular weight excluding hydrogens is 306 g/mol. The Morgan fingerprint density at radius 1 is 1.27 bits per heavy atom. The number of hydrogen-bond donors (Lipinski definition) is 0. The van der Waals surface area contributed by atoms with Gasteiger partial charge in [0.1, 0.15) is 11.8 Å². The smallest absolute Gasteiger partial charge is 0.243 e. The molecule has 0 aliphatic carbocycles. The lowest BCUT2D eigenvalue weighted by atomic mass is 10.2. The highest BCUT2D eigenvalue weighted by Gasteiger charge is 2.29. The summed E-state index contributed by atoms with van der Waals surface area (Å²) in [6, 6.07) is 6.13. The van der Waals surface area contributed by atoms with Gasteiger partial charge in [-0.1, -0.05) is 0 Å². The lowest BCUT2D eigenvalue weighted by Gasteiger charge is -2.33. The largest absolute Gasteiger partial charge is 0.495 e. The third-order valence-electron chi connectivity index (χ3n) is 3.61. The number of benzene rings is 1. The first-order valence-electron chi connectivity index (χ1n) is 6.74. The zero-order valence-electron chi connectivity index (χ0n) is 12.4. The Kier molecular flexibility index (Phi) is 4.68. The van der Waals surface area contributed by atoms with Crippen molar-refractivity contribution < 1.29 is 17.9 Å². The van der Waals surface area contributed by atoms with Gasteiger partial charge in [-0.3, -0.25) is 4.79 Å². The Hall–Kier alpha value is -2.11. The third-order valence-corrected chi connectivity index (χ3v) is 5.51. The number of nitrogens with zero attached hydrogens (tertiary/aromatic N) is 3. The maximum atomic E-state index is 12.6. The van der Waals surface area contributed by atoms with Crippen LogP contribution in [0.1, 0.15) is 12.5 Å². The molecule has 1 amide bonds. The molecule has 2 rings (SSSR count). The highest BCUT2D eigenvalue weighted by molar-refractivity contribution is 7.89. The summed E-state index contributed by atoms with van der Waals surface area (Å²) in [5.74, 6) is 0.274. The molecule has 7 nitrogen and oxygen atoms in total. The minimum absolute atomic E-state index is 0.0566. The van der Waals surface area contributed by atoms with Gasteiger partial charge >= 0.3 is 0 Å². The summed E-state index contributed by atoms with van der Waals surface area (Å²) in [6.07, 6.45) is 0. The van der Waals surface area contributed by atoms with Crippen molar-refractivity contribution in [2.45, 2.75) is 11.8 Å². The maximum absolute atomic E-state index is 12.6. The van der Waals surface area contributed by atoms with Crippen LogP contribution in [-0.4, -0.2) is 56.8 Å². The van der Waals surface area contributed by atoms with Crippen molar-refractivity contribution in [3.63, 3.8) is 0 Å². The molecule has 1 saturated heterocycles. The van der Waals surface area contributed by atoms with E-state index < -0.39 is 10.0 Å². The molecular formula is C14H17N3O4S. The van der Waals surface area contributed by atoms with Crippen molar-refractivity contribution in [3.05, 3.63) is 23.8 Å². The Labute approximate surface area is 129 Å². The number of sulfonamides is 1. The molecule has 0 spiro atoms. The van der Waals surface area contributed by atoms with E-state index in [1.165, 1.54) is 36.5 Å². The molecule has 0 unspecified atom stereocenters. The molecule has 0 radical (unpaired) electrons. The standard InChI is InChI=1S/C14H17N3O4S/c1-11(18)16-5-7-17(8-6-16)22(19,20)13-3-4-14(21-2)12(9-13)10-15/h3-4,9H,5-8H2,1-2H3. The van der Waals surface area contributed by atoms with Gasteiger partial charge in [0.25, 0.3) is 0 Å². The second-order valence-electron chi connectivity index (χ2n) is 4.88. The minimum Gasteiger partial charge on any atom is -0.495 e. The third kappa shape index (κ3) is 3.05. The van der Waals surface area contributed by atoms with Gasteiger partial charge in [0.15, 0.2) is 0 Å². The van der Waals surface area contributed by atoms with Crippen LogP contribution in [0.2, 0.25) is 0 Å². The van der Waals surface area contributed by atoms with E-state index in [-0.39, 0.29) is 29.5 Å². The second-order valence-corrected chi connectivity index (χ2v) is 6.82. The highest BCUT2D eigenvalue weighted by atomic mass is 32.2. The van der Waals surface area contributed by atoms with Crippen molar-refractivity contribution >= 4 is 15.9 Å². The molecule has 0 atom stereocenters. The summed E-state index contributed by atoms with van der Waals surface area (Å²) in [6.45, 7) is 2.70. The number of piperazine rings is 1. The van der Waals surface area contributed by atoms with Crippen molar-refractivity contribution in [2.24, 2.45) is 0 Å². The van der Waals surface area contributed by atoms with Crippen LogP contribution in [0.25, 0.3) is 0 Å². The van der Waals surface area contributed by atoms with Gasteiger partial charge < -0.3 is 9.64 Å². The zero-order valence-corrected chi connectivity index (χ0v) is 13.3. The van der Waals surface area contributed by atoms with E-state index in [0.717, 1.165) is 0 Å². The maximum Gasteiger partial charge on any atom is 0.243 e. The lowest BCUT2D eigenvalue weighted by molar-refractivity contribution is -0.129. The van der Waals surface area contributed by atoms with Gasteiger partial charge in [0, 0.05) is 33.1 Å². The van der Waals surface area contributed by atoms with Crippen molar-refractivity contribution in [3.8, 4) is 11.8 Å². The van der Waals surface area contributed by atoms with Crippen LogP contribution in [0.4, 0.5) is 0 Å². The number of carbonyl (C=O) groups is 1. The number of carbonyl (C=O) groups excluding carboxylic acids is 1. The molecule has 22 heavy (non-hydrogen) atoms. The molecule has 8 heteroatoms. The molecule has 1 aliphatic heterocycles. The van der Waals surface area contributed by atoms with Gasteiger partial charge in [-0.15, -0.1) is 0 Å². The lowest BCUT2D eigenvalue weighted by Crippen LogP contribution is -2.49. The second kappa shape index (κ2) is 6.34. The number of amides is 1. The molecule has 118 valence electrons. The van der Waals surface area contributed by atoms with Crippen LogP contribution < -0.4 is 4.74 Å². The van der Waals surface area contributed by atoms with Gasteiger partial charge in [0.2, 0.25) is 15.9 Å². The Balaban J connectivity index is 2.25. The Morgan fingerprint density at radius 3 is 2.41 bits per heavy atom. The Bertz CT molecular complexity index is 716. The summed E-state index contributed by atoms with van der Waals surface area (Å²) in [5.41, 5.74) is 0.172. The van der Waals surface area contributed by atoms with Crippen LogP contribution in [0.3, 0.4) is 0 Å². The number of ether oxygens (including phenoxy) is 1. The fourth-order valence-electron chi connectivity index (χ4n) is 2.33. The zero-order chi connectivity index (χ0) is 16.3. The first-order valence-corrected chi connectivity index (χ1v) is 8.18. The SMILES string of the molecule is COc1ccc(S(=O)(=O)N2CCN(C(C)=O)CC2)cc1C#N. The number of hydrogen-bond acceptors (Lipinski definition) is 5. The first-order chi connectivity index (χ1) is 10.4. The van der Waals surface area contributed by atoms with E-state index >= 15 is 0 Å². The average molecular weight is 323 g/mol. The van der Waals surface area contributed by atoms with Gasteiger partial charge in [-0.05, 0) is 18.2 Å². The molecule has 0 bridgehead atoms. The van der Waals surface area contributed by atoms with Crippen LogP contribution in [0, 0.1) is 11.3 Å². The van der Waals surface area contributed by atoms with Crippen molar-refractivity contribution in [1.82, 2.24) is 9.21 Å². The highest BCUT2D eigenvalue weighted by Crippen LogP contribution is 2.24. The van der Waals surface area contributed by atoms with E-state index in [0.29, 0.717) is 18.8 Å². The van der Waals surface area contributed by atoms with Gasteiger partial charge in [-0.2, -0.15) is 9.57 Å². The summed E-state index contributed by atoms with van der Waals surface area (Å²) < 4.78 is 31.6. The van der Waals surface area contributed by atoms with E-state index in [1.807, 2.05) is 6.07 Å². The number of rotatable bonds is 3. The first kappa shape index (κ1) is 16.3. The predicted octanol–water partition coefficient (Wildman–Crippen LogP) is 0.420. The molecule has 1 aliphatic rings. The molecule has 1 aromatic rings. The van der Waals surface area contributed by atoms with Gasteiger partial charge in [0.05, 0.1) is 17.6 Å². The van der Waals surface area contributed by atoms with E-state index in [2.05, 4.69) is 0 Å². The fourth-order valence-corrected chi connectivity index (χ4v) is 3.78. The molecule has 1 aromatic carbocycles. The summed E-state index contributed by atoms with van der Waals surface area (Å²) in [5, 5.41) is 9.06. The quantitative estimate of drug-likeness (QED) is 0.804. The normalized spacial score (nSPS) is 16.1. The molecule has 1 fully saturated rings.